The third kappa shape index (κ3) is 2.38. The van der Waals surface area contributed by atoms with Crippen molar-refractivity contribution in [1.82, 2.24) is 5.32 Å². The van der Waals surface area contributed by atoms with Crippen LogP contribution in [-0.4, -0.2) is 20.1 Å². The van der Waals surface area contributed by atoms with Gasteiger partial charge in [-0.3, -0.25) is 0 Å². The highest BCUT2D eigenvalue weighted by atomic mass is 15.1. The molecule has 2 nitrogen and oxygen atoms in total. The maximum absolute atomic E-state index is 3.79. The van der Waals surface area contributed by atoms with Crippen LogP contribution in [0.4, 0.5) is 5.69 Å². The normalized spacial score (nSPS) is 22.1. The maximum Gasteiger partial charge on any atom is 0.0361 e. The Balaban J connectivity index is 2.03. The van der Waals surface area contributed by atoms with Crippen molar-refractivity contribution in [2.24, 2.45) is 10.8 Å². The van der Waals surface area contributed by atoms with Crippen molar-refractivity contribution in [2.75, 3.05) is 19.0 Å². The summed E-state index contributed by atoms with van der Waals surface area (Å²) in [4.78, 5) is 2.13. The topological polar surface area (TPSA) is 15.3 Å². The summed E-state index contributed by atoms with van der Waals surface area (Å²) in [5, 5.41) is 3.79. The highest BCUT2D eigenvalue weighted by Gasteiger charge is 2.64. The molecule has 1 aromatic rings. The van der Waals surface area contributed by atoms with Gasteiger partial charge < -0.3 is 10.2 Å². The van der Waals surface area contributed by atoms with E-state index in [4.69, 9.17) is 0 Å². The first kappa shape index (κ1) is 14.4. The lowest BCUT2D eigenvalue weighted by molar-refractivity contribution is 0.457. The van der Waals surface area contributed by atoms with Gasteiger partial charge in [-0.25, -0.2) is 0 Å². The first-order valence-corrected chi connectivity index (χ1v) is 7.21. The van der Waals surface area contributed by atoms with Crippen molar-refractivity contribution in [3.63, 3.8) is 0 Å². The second-order valence-electron chi connectivity index (χ2n) is 7.25. The van der Waals surface area contributed by atoms with Gasteiger partial charge in [-0.1, -0.05) is 39.8 Å². The minimum atomic E-state index is 0.394. The van der Waals surface area contributed by atoms with E-state index in [0.29, 0.717) is 22.9 Å². The Morgan fingerprint density at radius 3 is 1.84 bits per heavy atom. The third-order valence-electron chi connectivity index (χ3n) is 5.35. The molecule has 1 fully saturated rings. The van der Waals surface area contributed by atoms with Crippen LogP contribution < -0.4 is 10.2 Å². The predicted octanol–water partition coefficient (Wildman–Crippen LogP) is 3.84. The first-order chi connectivity index (χ1) is 8.68. The Bertz CT molecular complexity index is 429. The molecule has 0 amide bonds. The summed E-state index contributed by atoms with van der Waals surface area (Å²) in [7, 11) is 4.15. The molecular formula is C17H28N2. The fraction of sp³-hybridized carbons (Fsp3) is 0.647. The molecule has 1 N–H and O–H groups in total. The zero-order valence-corrected chi connectivity index (χ0v) is 13.4. The Labute approximate surface area is 118 Å². The van der Waals surface area contributed by atoms with Gasteiger partial charge in [0.15, 0.2) is 0 Å². The molecule has 2 heteroatoms. The van der Waals surface area contributed by atoms with Crippen LogP contribution in [0.3, 0.4) is 0 Å². The van der Waals surface area contributed by atoms with Gasteiger partial charge in [0.2, 0.25) is 0 Å². The van der Waals surface area contributed by atoms with E-state index in [9.17, 15) is 0 Å². The fourth-order valence-corrected chi connectivity index (χ4v) is 3.02. The van der Waals surface area contributed by atoms with E-state index in [2.05, 4.69) is 83.2 Å². The van der Waals surface area contributed by atoms with Crippen LogP contribution in [0.15, 0.2) is 24.3 Å². The van der Waals surface area contributed by atoms with Gasteiger partial charge in [0.1, 0.15) is 0 Å². The van der Waals surface area contributed by atoms with Crippen molar-refractivity contribution < 1.29 is 0 Å². The van der Waals surface area contributed by atoms with Crippen LogP contribution in [0.2, 0.25) is 0 Å². The molecule has 1 aliphatic carbocycles. The molecule has 0 radical (unpaired) electrons. The van der Waals surface area contributed by atoms with Gasteiger partial charge in [0.05, 0.1) is 0 Å². The highest BCUT2D eigenvalue weighted by Crippen LogP contribution is 2.63. The highest BCUT2D eigenvalue weighted by molar-refractivity contribution is 5.46. The van der Waals surface area contributed by atoms with E-state index >= 15 is 0 Å². The number of benzene rings is 1. The summed E-state index contributed by atoms with van der Waals surface area (Å²) >= 11 is 0. The van der Waals surface area contributed by atoms with Gasteiger partial charge in [-0.05, 0) is 35.4 Å². The van der Waals surface area contributed by atoms with Crippen LogP contribution in [0.25, 0.3) is 0 Å². The molecule has 1 atom stereocenters. The molecule has 2 rings (SSSR count). The Hall–Kier alpha value is -1.02. The van der Waals surface area contributed by atoms with Gasteiger partial charge in [0.25, 0.3) is 0 Å². The molecule has 0 heterocycles. The molecule has 0 spiro atoms. The lowest BCUT2D eigenvalue weighted by atomic mass is 10.0. The zero-order chi connectivity index (χ0) is 14.4. The minimum Gasteiger partial charge on any atom is -0.378 e. The van der Waals surface area contributed by atoms with E-state index in [1.165, 1.54) is 11.3 Å². The average Bonchev–Trinajstić information content (AvgIpc) is 2.71. The van der Waals surface area contributed by atoms with Crippen molar-refractivity contribution in [3.8, 4) is 0 Å². The van der Waals surface area contributed by atoms with E-state index in [0.717, 1.165) is 0 Å². The quantitative estimate of drug-likeness (QED) is 0.885. The molecule has 1 aromatic carbocycles. The summed E-state index contributed by atoms with van der Waals surface area (Å²) < 4.78 is 0. The molecular weight excluding hydrogens is 232 g/mol. The zero-order valence-electron chi connectivity index (χ0n) is 13.4. The van der Waals surface area contributed by atoms with Crippen molar-refractivity contribution >= 4 is 5.69 Å². The molecule has 0 aromatic heterocycles. The third-order valence-corrected chi connectivity index (χ3v) is 5.35. The SMILES string of the molecule is CC(NC1C(C)(C)C1(C)C)c1ccc(N(C)C)cc1. The molecule has 0 saturated heterocycles. The number of hydrogen-bond donors (Lipinski definition) is 1. The number of anilines is 1. The Morgan fingerprint density at radius 2 is 1.47 bits per heavy atom. The van der Waals surface area contributed by atoms with Crippen LogP contribution in [0.1, 0.15) is 46.2 Å². The molecule has 0 bridgehead atoms. The van der Waals surface area contributed by atoms with E-state index in [1.54, 1.807) is 0 Å². The van der Waals surface area contributed by atoms with Crippen LogP contribution in [0.5, 0.6) is 0 Å². The summed E-state index contributed by atoms with van der Waals surface area (Å²) in [6, 6.07) is 9.85. The number of hydrogen-bond acceptors (Lipinski definition) is 2. The van der Waals surface area contributed by atoms with Crippen molar-refractivity contribution in [2.45, 2.75) is 46.7 Å². The number of nitrogens with zero attached hydrogens (tertiary/aromatic N) is 1. The van der Waals surface area contributed by atoms with Crippen LogP contribution >= 0.6 is 0 Å². The second-order valence-corrected chi connectivity index (χ2v) is 7.25. The first-order valence-electron chi connectivity index (χ1n) is 7.21. The smallest absolute Gasteiger partial charge is 0.0361 e. The summed E-state index contributed by atoms with van der Waals surface area (Å²) in [5.74, 6) is 0. The summed E-state index contributed by atoms with van der Waals surface area (Å²) in [6.07, 6.45) is 0. The fourth-order valence-electron chi connectivity index (χ4n) is 3.02. The molecule has 1 aliphatic rings. The van der Waals surface area contributed by atoms with Gasteiger partial charge in [-0.2, -0.15) is 0 Å². The van der Waals surface area contributed by atoms with Crippen molar-refractivity contribution in [3.05, 3.63) is 29.8 Å². The van der Waals surface area contributed by atoms with Crippen LogP contribution in [0, 0.1) is 10.8 Å². The lowest BCUT2D eigenvalue weighted by Gasteiger charge is -2.18. The predicted molar refractivity (Wildman–Crippen MR) is 83.7 cm³/mol. The minimum absolute atomic E-state index is 0.394. The molecule has 19 heavy (non-hydrogen) atoms. The standard InChI is InChI=1S/C17H28N2/c1-12(18-15-16(2,3)17(15,4)5)13-8-10-14(11-9-13)19(6)7/h8-12,15,18H,1-7H3. The molecule has 0 aliphatic heterocycles. The van der Waals surface area contributed by atoms with Gasteiger partial charge >= 0.3 is 0 Å². The second kappa shape index (κ2) is 4.52. The Kier molecular flexibility index (Phi) is 3.42. The lowest BCUT2D eigenvalue weighted by Crippen LogP contribution is -2.25. The van der Waals surface area contributed by atoms with Crippen LogP contribution in [-0.2, 0) is 0 Å². The Morgan fingerprint density at radius 1 is 1.00 bits per heavy atom. The number of nitrogens with one attached hydrogen (secondary N) is 1. The largest absolute Gasteiger partial charge is 0.378 e. The van der Waals surface area contributed by atoms with Gasteiger partial charge in [0, 0.05) is 31.9 Å². The summed E-state index contributed by atoms with van der Waals surface area (Å²) in [6.45, 7) is 11.7. The van der Waals surface area contributed by atoms with E-state index in [-0.39, 0.29) is 0 Å². The van der Waals surface area contributed by atoms with E-state index < -0.39 is 0 Å². The maximum atomic E-state index is 3.79. The number of rotatable bonds is 4. The van der Waals surface area contributed by atoms with Crippen molar-refractivity contribution in [1.29, 1.82) is 0 Å². The van der Waals surface area contributed by atoms with E-state index in [1.807, 2.05) is 0 Å². The monoisotopic (exact) mass is 260 g/mol. The molecule has 1 unspecified atom stereocenters. The summed E-state index contributed by atoms with van der Waals surface area (Å²) in [5.41, 5.74) is 3.41. The van der Waals surface area contributed by atoms with Gasteiger partial charge in [-0.15, -0.1) is 0 Å². The molecule has 1 saturated carbocycles. The average molecular weight is 260 g/mol. The molecule has 106 valence electrons.